The first-order chi connectivity index (χ1) is 11.6. The number of carbonyl (C=O) groups is 1. The van der Waals surface area contributed by atoms with E-state index in [0.29, 0.717) is 13.1 Å². The van der Waals surface area contributed by atoms with Gasteiger partial charge < -0.3 is 15.5 Å². The normalized spacial score (nSPS) is 23.9. The number of likely N-dealkylation sites (tertiary alicyclic amines) is 1. The average molecular weight is 350 g/mol. The highest BCUT2D eigenvalue weighted by molar-refractivity contribution is 7.85. The molecule has 24 heavy (non-hydrogen) atoms. The van der Waals surface area contributed by atoms with Crippen LogP contribution in [0.2, 0.25) is 0 Å². The molecule has 1 aliphatic carbocycles. The van der Waals surface area contributed by atoms with Crippen molar-refractivity contribution in [3.63, 3.8) is 0 Å². The lowest BCUT2D eigenvalue weighted by molar-refractivity contribution is 0.179. The quantitative estimate of drug-likeness (QED) is 0.859. The number of amides is 2. The summed E-state index contributed by atoms with van der Waals surface area (Å²) in [4.78, 5) is 14.4. The van der Waals surface area contributed by atoms with Crippen molar-refractivity contribution in [1.29, 1.82) is 0 Å². The van der Waals surface area contributed by atoms with E-state index < -0.39 is 10.8 Å². The Bertz CT molecular complexity index is 589. The second-order valence-corrected chi connectivity index (χ2v) is 8.72. The van der Waals surface area contributed by atoms with Gasteiger partial charge in [0.05, 0.1) is 4.75 Å². The van der Waals surface area contributed by atoms with Gasteiger partial charge in [-0.05, 0) is 37.8 Å². The van der Waals surface area contributed by atoms with Crippen molar-refractivity contribution in [3.8, 4) is 0 Å². The fraction of sp³-hybridized carbons (Fsp3) is 0.611. The summed E-state index contributed by atoms with van der Waals surface area (Å²) in [6.45, 7) is 2.03. The van der Waals surface area contributed by atoms with Crippen LogP contribution in [-0.2, 0) is 10.8 Å². The van der Waals surface area contributed by atoms with E-state index in [1.54, 1.807) is 6.26 Å². The van der Waals surface area contributed by atoms with E-state index in [-0.39, 0.29) is 16.8 Å². The summed E-state index contributed by atoms with van der Waals surface area (Å²) in [7, 11) is -0.883. The Morgan fingerprint density at radius 3 is 2.67 bits per heavy atom. The lowest BCUT2D eigenvalue weighted by atomic mass is 9.84. The topological polar surface area (TPSA) is 61.4 Å². The number of rotatable bonds is 5. The zero-order chi connectivity index (χ0) is 17.0. The molecule has 3 rings (SSSR count). The molecule has 1 heterocycles. The highest BCUT2D eigenvalue weighted by Crippen LogP contribution is 2.36. The van der Waals surface area contributed by atoms with Crippen molar-refractivity contribution in [2.24, 2.45) is 0 Å². The lowest BCUT2D eigenvalue weighted by Gasteiger charge is -2.41. The number of piperidine rings is 1. The molecular weight excluding hydrogens is 322 g/mol. The van der Waals surface area contributed by atoms with E-state index in [0.717, 1.165) is 44.3 Å². The van der Waals surface area contributed by atoms with Crippen LogP contribution in [0.4, 0.5) is 10.5 Å². The molecule has 2 aliphatic rings. The molecule has 1 aliphatic heterocycles. The van der Waals surface area contributed by atoms with Crippen LogP contribution in [-0.4, -0.2) is 51.8 Å². The molecule has 2 N–H and O–H groups in total. The molecule has 1 aromatic carbocycles. The van der Waals surface area contributed by atoms with Gasteiger partial charge in [-0.2, -0.15) is 0 Å². The molecule has 6 heteroatoms. The molecule has 2 atom stereocenters. The zero-order valence-corrected chi connectivity index (χ0v) is 15.1. The fourth-order valence-electron chi connectivity index (χ4n) is 3.53. The number of benzene rings is 1. The van der Waals surface area contributed by atoms with Gasteiger partial charge in [0.1, 0.15) is 0 Å². The lowest BCUT2D eigenvalue weighted by Crippen LogP contribution is -2.55. The SMILES string of the molecule is CS(=O)C1(CNC(=O)N2CCCC(Nc3ccccc3)C2)CCC1. The molecule has 132 valence electrons. The molecule has 0 radical (unpaired) electrons. The van der Waals surface area contributed by atoms with Gasteiger partial charge in [-0.25, -0.2) is 4.79 Å². The van der Waals surface area contributed by atoms with E-state index in [1.807, 2.05) is 23.1 Å². The number of hydrogen-bond acceptors (Lipinski definition) is 3. The number of carbonyl (C=O) groups excluding carboxylic acids is 1. The van der Waals surface area contributed by atoms with Crippen molar-refractivity contribution in [1.82, 2.24) is 10.2 Å². The summed E-state index contributed by atoms with van der Waals surface area (Å²) in [6, 6.07) is 10.4. The maximum absolute atomic E-state index is 12.5. The predicted molar refractivity (Wildman–Crippen MR) is 98.7 cm³/mol. The Balaban J connectivity index is 1.50. The van der Waals surface area contributed by atoms with E-state index in [2.05, 4.69) is 22.8 Å². The third-order valence-corrected chi connectivity index (χ3v) is 7.06. The molecule has 2 amide bonds. The van der Waals surface area contributed by atoms with Crippen molar-refractivity contribution in [2.75, 3.05) is 31.2 Å². The molecule has 2 unspecified atom stereocenters. The largest absolute Gasteiger partial charge is 0.381 e. The third kappa shape index (κ3) is 3.91. The summed E-state index contributed by atoms with van der Waals surface area (Å²) in [6.07, 6.45) is 6.85. The van der Waals surface area contributed by atoms with Gasteiger partial charge in [0.25, 0.3) is 0 Å². The van der Waals surface area contributed by atoms with Gasteiger partial charge >= 0.3 is 6.03 Å². The highest BCUT2D eigenvalue weighted by atomic mass is 32.2. The molecule has 1 saturated carbocycles. The zero-order valence-electron chi connectivity index (χ0n) is 14.3. The Labute approximate surface area is 146 Å². The van der Waals surface area contributed by atoms with Crippen molar-refractivity contribution >= 4 is 22.5 Å². The van der Waals surface area contributed by atoms with Crippen LogP contribution in [0.3, 0.4) is 0 Å². The number of nitrogens with one attached hydrogen (secondary N) is 2. The highest BCUT2D eigenvalue weighted by Gasteiger charge is 2.41. The van der Waals surface area contributed by atoms with Crippen LogP contribution in [0.1, 0.15) is 32.1 Å². The number of urea groups is 1. The Hall–Kier alpha value is -1.56. The second-order valence-electron chi connectivity index (χ2n) is 6.94. The summed E-state index contributed by atoms with van der Waals surface area (Å²) >= 11 is 0. The summed E-state index contributed by atoms with van der Waals surface area (Å²) in [5, 5.41) is 6.54. The molecular formula is C18H27N3O2S. The Morgan fingerprint density at radius 2 is 2.04 bits per heavy atom. The molecule has 0 aromatic heterocycles. The van der Waals surface area contributed by atoms with Gasteiger partial charge in [0.15, 0.2) is 0 Å². The minimum absolute atomic E-state index is 0.0220. The minimum atomic E-state index is -0.883. The monoisotopic (exact) mass is 349 g/mol. The van der Waals surface area contributed by atoms with E-state index in [4.69, 9.17) is 0 Å². The van der Waals surface area contributed by atoms with Crippen LogP contribution in [0, 0.1) is 0 Å². The molecule has 5 nitrogen and oxygen atoms in total. The average Bonchev–Trinajstić information content (AvgIpc) is 2.54. The minimum Gasteiger partial charge on any atom is -0.381 e. The summed E-state index contributed by atoms with van der Waals surface area (Å²) in [5.74, 6) is 0. The van der Waals surface area contributed by atoms with Crippen molar-refractivity contribution in [2.45, 2.75) is 42.9 Å². The van der Waals surface area contributed by atoms with Crippen LogP contribution in [0.15, 0.2) is 30.3 Å². The maximum atomic E-state index is 12.5. The molecule has 0 spiro atoms. The first-order valence-corrected chi connectivity index (χ1v) is 10.3. The Kier molecular flexibility index (Phi) is 5.43. The third-order valence-electron chi connectivity index (χ3n) is 5.29. The van der Waals surface area contributed by atoms with Crippen molar-refractivity contribution < 1.29 is 9.00 Å². The first kappa shape index (κ1) is 17.3. The van der Waals surface area contributed by atoms with E-state index in [1.165, 1.54) is 0 Å². The molecule has 1 aromatic rings. The second kappa shape index (κ2) is 7.55. The van der Waals surface area contributed by atoms with Crippen molar-refractivity contribution in [3.05, 3.63) is 30.3 Å². The first-order valence-electron chi connectivity index (χ1n) is 8.77. The van der Waals surface area contributed by atoms with Gasteiger partial charge in [-0.3, -0.25) is 4.21 Å². The number of nitrogens with zero attached hydrogens (tertiary/aromatic N) is 1. The maximum Gasteiger partial charge on any atom is 0.317 e. The van der Waals surface area contributed by atoms with Gasteiger partial charge in [0.2, 0.25) is 0 Å². The molecule has 1 saturated heterocycles. The smallest absolute Gasteiger partial charge is 0.317 e. The summed E-state index contributed by atoms with van der Waals surface area (Å²) in [5.41, 5.74) is 1.10. The van der Waals surface area contributed by atoms with Gasteiger partial charge in [-0.1, -0.05) is 24.6 Å². The number of hydrogen-bond donors (Lipinski definition) is 2. The van der Waals surface area contributed by atoms with E-state index >= 15 is 0 Å². The Morgan fingerprint density at radius 1 is 1.29 bits per heavy atom. The van der Waals surface area contributed by atoms with E-state index in [9.17, 15) is 9.00 Å². The van der Waals surface area contributed by atoms with Gasteiger partial charge in [-0.15, -0.1) is 0 Å². The standard InChI is InChI=1S/C18H27N3O2S/c1-24(23)18(10-6-11-18)14-19-17(22)21-12-5-9-16(13-21)20-15-7-3-2-4-8-15/h2-4,7-8,16,20H,5-6,9-14H2,1H3,(H,19,22). The molecule has 2 fully saturated rings. The number of para-hydroxylation sites is 1. The molecule has 0 bridgehead atoms. The predicted octanol–water partition coefficient (Wildman–Crippen LogP) is 2.57. The fourth-order valence-corrected chi connectivity index (χ4v) is 4.67. The number of anilines is 1. The van der Waals surface area contributed by atoms with Crippen LogP contribution >= 0.6 is 0 Å². The summed E-state index contributed by atoms with van der Waals surface area (Å²) < 4.78 is 11.7. The van der Waals surface area contributed by atoms with Crippen LogP contribution in [0.25, 0.3) is 0 Å². The van der Waals surface area contributed by atoms with Gasteiger partial charge in [0, 0.05) is 48.4 Å². The van der Waals surface area contributed by atoms with Crippen LogP contribution < -0.4 is 10.6 Å². The van der Waals surface area contributed by atoms with Crippen LogP contribution in [0.5, 0.6) is 0 Å².